The second-order valence-electron chi connectivity index (χ2n) is 5.58. The van der Waals surface area contributed by atoms with E-state index in [4.69, 9.17) is 4.74 Å². The predicted molar refractivity (Wildman–Crippen MR) is 74.8 cm³/mol. The molecule has 1 aromatic carbocycles. The van der Waals surface area contributed by atoms with Crippen LogP contribution in [0.3, 0.4) is 0 Å². The van der Waals surface area contributed by atoms with Crippen LogP contribution in [0.1, 0.15) is 53.6 Å². The highest BCUT2D eigenvalue weighted by molar-refractivity contribution is 6.05. The summed E-state index contributed by atoms with van der Waals surface area (Å²) in [5.41, 5.74) is 1.27. The number of Topliss-reactive ketones (excluding diaryl/α,β-unsaturated/α-hetero) is 1. The van der Waals surface area contributed by atoms with E-state index in [1.54, 1.807) is 7.11 Å². The molecular weight excluding hydrogens is 240 g/mol. The van der Waals surface area contributed by atoms with Crippen LogP contribution in [0.25, 0.3) is 0 Å². The third kappa shape index (κ3) is 2.66. The molecule has 0 heterocycles. The molecule has 3 nitrogen and oxygen atoms in total. The molecule has 0 atom stereocenters. The molecule has 0 aliphatic heterocycles. The average molecular weight is 262 g/mol. The van der Waals surface area contributed by atoms with Crippen molar-refractivity contribution in [2.45, 2.75) is 51.6 Å². The van der Waals surface area contributed by atoms with Crippen molar-refractivity contribution >= 4 is 5.78 Å². The zero-order chi connectivity index (χ0) is 14.0. The van der Waals surface area contributed by atoms with Gasteiger partial charge in [-0.05, 0) is 43.9 Å². The van der Waals surface area contributed by atoms with E-state index in [0.29, 0.717) is 24.2 Å². The van der Waals surface area contributed by atoms with Crippen molar-refractivity contribution in [2.24, 2.45) is 0 Å². The van der Waals surface area contributed by atoms with Gasteiger partial charge in [0.1, 0.15) is 11.4 Å². The molecule has 0 saturated heterocycles. The van der Waals surface area contributed by atoms with E-state index in [9.17, 15) is 9.90 Å². The second-order valence-corrected chi connectivity index (χ2v) is 5.58. The maximum Gasteiger partial charge on any atom is 0.198 e. The van der Waals surface area contributed by atoms with Gasteiger partial charge in [-0.3, -0.25) is 4.79 Å². The van der Waals surface area contributed by atoms with Crippen LogP contribution in [0.15, 0.2) is 12.1 Å². The molecule has 1 aliphatic rings. The zero-order valence-electron chi connectivity index (χ0n) is 12.0. The lowest BCUT2D eigenvalue weighted by molar-refractivity contribution is 0.0113. The Balaban J connectivity index is 2.43. The average Bonchev–Trinajstić information content (AvgIpc) is 2.38. The Bertz CT molecular complexity index is 485. The monoisotopic (exact) mass is 262 g/mol. The summed E-state index contributed by atoms with van der Waals surface area (Å²) in [6.07, 6.45) is 4.04. The number of carbonyl (C=O) groups is 1. The van der Waals surface area contributed by atoms with E-state index in [1.807, 2.05) is 26.0 Å². The third-order valence-electron chi connectivity index (χ3n) is 3.99. The molecule has 0 bridgehead atoms. The van der Waals surface area contributed by atoms with Gasteiger partial charge in [0, 0.05) is 0 Å². The first-order chi connectivity index (χ1) is 8.98. The number of carbonyl (C=O) groups excluding carboxylic acids is 1. The Morgan fingerprint density at radius 3 is 2.42 bits per heavy atom. The number of benzene rings is 1. The molecule has 0 amide bonds. The van der Waals surface area contributed by atoms with E-state index in [1.165, 1.54) is 0 Å². The lowest BCUT2D eigenvalue weighted by atomic mass is 9.78. The number of hydrogen-bond donors (Lipinski definition) is 1. The molecule has 2 rings (SSSR count). The van der Waals surface area contributed by atoms with Crippen molar-refractivity contribution in [3.63, 3.8) is 0 Å². The largest absolute Gasteiger partial charge is 0.496 e. The van der Waals surface area contributed by atoms with Gasteiger partial charge >= 0.3 is 0 Å². The maximum atomic E-state index is 12.7. The highest BCUT2D eigenvalue weighted by Crippen LogP contribution is 2.35. The van der Waals surface area contributed by atoms with Gasteiger partial charge in [-0.1, -0.05) is 25.3 Å². The molecule has 0 aromatic heterocycles. The van der Waals surface area contributed by atoms with Gasteiger partial charge in [0.05, 0.1) is 12.7 Å². The molecule has 1 N–H and O–H groups in total. The molecule has 1 fully saturated rings. The first-order valence-electron chi connectivity index (χ1n) is 6.90. The molecule has 0 unspecified atom stereocenters. The normalized spacial score (nSPS) is 18.1. The minimum absolute atomic E-state index is 0.179. The fourth-order valence-electron chi connectivity index (χ4n) is 2.98. The van der Waals surface area contributed by atoms with Crippen molar-refractivity contribution in [3.8, 4) is 5.75 Å². The van der Waals surface area contributed by atoms with Gasteiger partial charge in [-0.2, -0.15) is 0 Å². The van der Waals surface area contributed by atoms with Crippen LogP contribution in [-0.2, 0) is 0 Å². The van der Waals surface area contributed by atoms with Crippen LogP contribution in [0.5, 0.6) is 5.75 Å². The summed E-state index contributed by atoms with van der Waals surface area (Å²) in [6, 6.07) is 3.81. The topological polar surface area (TPSA) is 46.5 Å². The SMILES string of the molecule is COc1cc(C)cc(C)c1C(=O)C1(O)CCCCC1. The molecule has 1 aromatic rings. The van der Waals surface area contributed by atoms with Gasteiger partial charge < -0.3 is 9.84 Å². The van der Waals surface area contributed by atoms with E-state index >= 15 is 0 Å². The van der Waals surface area contributed by atoms with E-state index < -0.39 is 5.60 Å². The van der Waals surface area contributed by atoms with Crippen LogP contribution in [0.2, 0.25) is 0 Å². The highest BCUT2D eigenvalue weighted by atomic mass is 16.5. The minimum atomic E-state index is -1.20. The summed E-state index contributed by atoms with van der Waals surface area (Å²) in [5, 5.41) is 10.6. The summed E-state index contributed by atoms with van der Waals surface area (Å²) < 4.78 is 5.33. The van der Waals surface area contributed by atoms with Gasteiger partial charge in [0.25, 0.3) is 0 Å². The van der Waals surface area contributed by atoms with Crippen molar-refractivity contribution in [2.75, 3.05) is 7.11 Å². The Hall–Kier alpha value is -1.35. The highest BCUT2D eigenvalue weighted by Gasteiger charge is 2.39. The molecular formula is C16H22O3. The maximum absolute atomic E-state index is 12.7. The summed E-state index contributed by atoms with van der Waals surface area (Å²) in [6.45, 7) is 3.87. The number of ketones is 1. The third-order valence-corrected chi connectivity index (χ3v) is 3.99. The Morgan fingerprint density at radius 2 is 1.84 bits per heavy atom. The van der Waals surface area contributed by atoms with Crippen molar-refractivity contribution in [1.82, 2.24) is 0 Å². The molecule has 0 spiro atoms. The lowest BCUT2D eigenvalue weighted by Crippen LogP contribution is -2.41. The Morgan fingerprint density at radius 1 is 1.21 bits per heavy atom. The number of hydrogen-bond acceptors (Lipinski definition) is 3. The number of methoxy groups -OCH3 is 1. The summed E-state index contributed by atoms with van der Waals surface area (Å²) in [7, 11) is 1.57. The summed E-state index contributed by atoms with van der Waals surface area (Å²) >= 11 is 0. The predicted octanol–water partition coefficient (Wildman–Crippen LogP) is 3.19. The van der Waals surface area contributed by atoms with E-state index in [-0.39, 0.29) is 5.78 Å². The standard InChI is InChI=1S/C16H22O3/c1-11-9-12(2)14(13(10-11)19-3)15(17)16(18)7-5-4-6-8-16/h9-10,18H,4-8H2,1-3H3. The fraction of sp³-hybridized carbons (Fsp3) is 0.562. The lowest BCUT2D eigenvalue weighted by Gasteiger charge is -2.31. The van der Waals surface area contributed by atoms with Crippen LogP contribution >= 0.6 is 0 Å². The van der Waals surface area contributed by atoms with Crippen molar-refractivity contribution in [1.29, 1.82) is 0 Å². The van der Waals surface area contributed by atoms with Gasteiger partial charge in [0.2, 0.25) is 0 Å². The van der Waals surface area contributed by atoms with Crippen molar-refractivity contribution < 1.29 is 14.6 Å². The summed E-state index contributed by atoms with van der Waals surface area (Å²) in [4.78, 5) is 12.7. The molecule has 104 valence electrons. The van der Waals surface area contributed by atoms with Gasteiger partial charge in [-0.15, -0.1) is 0 Å². The first kappa shape index (κ1) is 14.1. The van der Waals surface area contributed by atoms with Crippen LogP contribution < -0.4 is 4.74 Å². The fourth-order valence-corrected chi connectivity index (χ4v) is 2.98. The number of aryl methyl sites for hydroxylation is 2. The van der Waals surface area contributed by atoms with E-state index in [0.717, 1.165) is 30.4 Å². The molecule has 1 aliphatic carbocycles. The van der Waals surface area contributed by atoms with E-state index in [2.05, 4.69) is 0 Å². The van der Waals surface area contributed by atoms with Crippen molar-refractivity contribution in [3.05, 3.63) is 28.8 Å². The number of rotatable bonds is 3. The molecule has 3 heteroatoms. The number of ether oxygens (including phenoxy) is 1. The van der Waals surface area contributed by atoms with Crippen LogP contribution in [-0.4, -0.2) is 23.6 Å². The quantitative estimate of drug-likeness (QED) is 0.851. The van der Waals surface area contributed by atoms with Gasteiger partial charge in [-0.25, -0.2) is 0 Å². The Labute approximate surface area is 114 Å². The smallest absolute Gasteiger partial charge is 0.198 e. The molecule has 19 heavy (non-hydrogen) atoms. The first-order valence-corrected chi connectivity index (χ1v) is 6.90. The Kier molecular flexibility index (Phi) is 3.95. The summed E-state index contributed by atoms with van der Waals surface area (Å²) in [5.74, 6) is 0.392. The van der Waals surface area contributed by atoms with Crippen LogP contribution in [0.4, 0.5) is 0 Å². The van der Waals surface area contributed by atoms with Gasteiger partial charge in [0.15, 0.2) is 5.78 Å². The minimum Gasteiger partial charge on any atom is -0.496 e. The van der Waals surface area contributed by atoms with Crippen LogP contribution in [0, 0.1) is 13.8 Å². The second kappa shape index (κ2) is 5.33. The zero-order valence-corrected chi connectivity index (χ0v) is 12.0. The number of aliphatic hydroxyl groups is 1. The molecule has 1 saturated carbocycles. The molecule has 0 radical (unpaired) electrons.